The Hall–Kier alpha value is -2.09. The summed E-state index contributed by atoms with van der Waals surface area (Å²) in [6, 6.07) is 9.56. The molecule has 0 spiro atoms. The van der Waals surface area contributed by atoms with Crippen molar-refractivity contribution in [3.05, 3.63) is 59.7 Å². The Morgan fingerprint density at radius 2 is 2.06 bits per heavy atom. The van der Waals surface area contributed by atoms with E-state index in [-0.39, 0.29) is 24.8 Å². The van der Waals surface area contributed by atoms with Gasteiger partial charge in [0.25, 0.3) is 5.91 Å². The summed E-state index contributed by atoms with van der Waals surface area (Å²) in [6.45, 7) is 2.11. The zero-order chi connectivity index (χ0) is 23.0. The van der Waals surface area contributed by atoms with Crippen molar-refractivity contribution in [3.63, 3.8) is 0 Å². The molecule has 1 heterocycles. The molecule has 1 fully saturated rings. The molecule has 32 heavy (non-hydrogen) atoms. The van der Waals surface area contributed by atoms with Gasteiger partial charge < -0.3 is 14.2 Å². The van der Waals surface area contributed by atoms with Crippen molar-refractivity contribution in [3.8, 4) is 0 Å². The summed E-state index contributed by atoms with van der Waals surface area (Å²) in [6.07, 6.45) is 9.62. The second-order valence-electron chi connectivity index (χ2n) is 8.25. The van der Waals surface area contributed by atoms with E-state index < -0.39 is 10.8 Å². The van der Waals surface area contributed by atoms with Gasteiger partial charge >= 0.3 is 6.09 Å². The number of rotatable bonds is 10. The number of methoxy groups -OCH3 is 2. The van der Waals surface area contributed by atoms with Crippen LogP contribution in [0.2, 0.25) is 0 Å². The predicted octanol–water partition coefficient (Wildman–Crippen LogP) is 4.74. The fourth-order valence-electron chi connectivity index (χ4n) is 4.07. The van der Waals surface area contributed by atoms with Gasteiger partial charge in [-0.1, -0.05) is 54.1 Å². The van der Waals surface area contributed by atoms with Crippen molar-refractivity contribution in [2.45, 2.75) is 56.1 Å². The van der Waals surface area contributed by atoms with Gasteiger partial charge in [0.05, 0.1) is 6.04 Å². The molecule has 2 atom stereocenters. The molecule has 0 unspecified atom stereocenters. The molecular formula is C25H33NO5S. The molecule has 7 heteroatoms. The van der Waals surface area contributed by atoms with Crippen molar-refractivity contribution in [2.75, 3.05) is 26.6 Å². The van der Waals surface area contributed by atoms with E-state index in [1.54, 1.807) is 14.2 Å². The average Bonchev–Trinajstić information content (AvgIpc) is 3.17. The Bertz CT molecular complexity index is 836. The van der Waals surface area contributed by atoms with Crippen LogP contribution in [0.15, 0.2) is 54.1 Å². The first-order chi connectivity index (χ1) is 15.5. The van der Waals surface area contributed by atoms with Crippen LogP contribution in [0.4, 0.5) is 4.79 Å². The third kappa shape index (κ3) is 6.24. The van der Waals surface area contributed by atoms with E-state index in [9.17, 15) is 9.59 Å². The van der Waals surface area contributed by atoms with Crippen LogP contribution in [0.1, 0.15) is 38.2 Å². The SMILES string of the molecule is COC(CCS[C@@](C)(/C=C1/C=CCCC1)C(=O)N1C(=O)OC[C@@H]1Cc1ccccc1)OC. The molecule has 0 bridgehead atoms. The highest BCUT2D eigenvalue weighted by molar-refractivity contribution is 8.01. The third-order valence-electron chi connectivity index (χ3n) is 5.83. The molecule has 6 nitrogen and oxygen atoms in total. The van der Waals surface area contributed by atoms with Gasteiger partial charge in [0.2, 0.25) is 0 Å². The number of amides is 2. The van der Waals surface area contributed by atoms with Crippen LogP contribution in [0.3, 0.4) is 0 Å². The molecule has 2 aliphatic rings. The number of hydrogen-bond acceptors (Lipinski definition) is 6. The molecule has 1 aliphatic heterocycles. The normalized spacial score (nSPS) is 21.8. The van der Waals surface area contributed by atoms with Crippen molar-refractivity contribution < 1.29 is 23.8 Å². The van der Waals surface area contributed by atoms with Gasteiger partial charge in [0.15, 0.2) is 6.29 Å². The molecule has 1 aromatic rings. The molecule has 3 rings (SSSR count). The Kier molecular flexibility index (Phi) is 8.96. The lowest BCUT2D eigenvalue weighted by molar-refractivity contribution is -0.130. The summed E-state index contributed by atoms with van der Waals surface area (Å²) in [5, 5.41) is 0. The number of thioether (sulfide) groups is 1. The van der Waals surface area contributed by atoms with Gasteiger partial charge in [0.1, 0.15) is 11.4 Å². The summed E-state index contributed by atoms with van der Waals surface area (Å²) in [5.41, 5.74) is 2.20. The number of imide groups is 1. The zero-order valence-corrected chi connectivity index (χ0v) is 19.9. The van der Waals surface area contributed by atoms with Crippen LogP contribution in [-0.2, 0) is 25.4 Å². The monoisotopic (exact) mass is 459 g/mol. The van der Waals surface area contributed by atoms with Gasteiger partial charge in [-0.3, -0.25) is 4.79 Å². The van der Waals surface area contributed by atoms with Crippen LogP contribution >= 0.6 is 11.8 Å². The number of allylic oxidation sites excluding steroid dienone is 3. The van der Waals surface area contributed by atoms with E-state index in [1.807, 2.05) is 43.3 Å². The summed E-state index contributed by atoms with van der Waals surface area (Å²) in [5.74, 6) is 0.415. The fourth-order valence-corrected chi connectivity index (χ4v) is 5.26. The number of benzene rings is 1. The Morgan fingerprint density at radius 3 is 2.72 bits per heavy atom. The predicted molar refractivity (Wildman–Crippen MR) is 126 cm³/mol. The van der Waals surface area contributed by atoms with Crippen LogP contribution in [0.25, 0.3) is 0 Å². The van der Waals surface area contributed by atoms with Crippen molar-refractivity contribution in [1.29, 1.82) is 0 Å². The lowest BCUT2D eigenvalue weighted by atomic mass is 9.96. The molecule has 1 aliphatic carbocycles. The second-order valence-corrected chi connectivity index (χ2v) is 9.80. The van der Waals surface area contributed by atoms with Crippen LogP contribution in [0, 0.1) is 0 Å². The maximum Gasteiger partial charge on any atom is 0.417 e. The minimum absolute atomic E-state index is 0.214. The number of cyclic esters (lactones) is 1. The summed E-state index contributed by atoms with van der Waals surface area (Å²) in [4.78, 5) is 27.8. The van der Waals surface area contributed by atoms with E-state index in [2.05, 4.69) is 12.2 Å². The van der Waals surface area contributed by atoms with E-state index in [4.69, 9.17) is 14.2 Å². The molecule has 1 saturated heterocycles. The number of ether oxygens (including phenoxy) is 3. The van der Waals surface area contributed by atoms with Gasteiger partial charge in [-0.25, -0.2) is 9.69 Å². The number of hydrogen-bond donors (Lipinski definition) is 0. The number of nitrogens with zero attached hydrogens (tertiary/aromatic N) is 1. The standard InChI is InChI=1S/C25H33NO5S/c1-25(17-20-12-8-5-9-13-20,32-15-14-22(29-2)30-3)23(27)26-21(18-31-24(26)28)16-19-10-6-4-7-11-19/h4,6-8,10-12,17,21-22H,5,9,13-16,18H2,1-3H3/b20-17-/t21-,25-/m0/s1. The molecule has 0 aromatic heterocycles. The summed E-state index contributed by atoms with van der Waals surface area (Å²) >= 11 is 1.51. The smallest absolute Gasteiger partial charge is 0.417 e. The highest BCUT2D eigenvalue weighted by Crippen LogP contribution is 2.35. The number of carbonyl (C=O) groups excluding carboxylic acids is 2. The fraction of sp³-hybridized carbons (Fsp3) is 0.520. The maximum absolute atomic E-state index is 13.8. The molecular weight excluding hydrogens is 426 g/mol. The second kappa shape index (κ2) is 11.7. The molecule has 0 N–H and O–H groups in total. The maximum atomic E-state index is 13.8. The lowest BCUT2D eigenvalue weighted by Gasteiger charge is -2.31. The van der Waals surface area contributed by atoms with Gasteiger partial charge in [-0.2, -0.15) is 0 Å². The van der Waals surface area contributed by atoms with E-state index in [0.717, 1.165) is 30.4 Å². The molecule has 174 valence electrons. The molecule has 2 amide bonds. The lowest BCUT2D eigenvalue weighted by Crippen LogP contribution is -2.49. The zero-order valence-electron chi connectivity index (χ0n) is 19.1. The Balaban J connectivity index is 1.82. The Morgan fingerprint density at radius 1 is 1.31 bits per heavy atom. The van der Waals surface area contributed by atoms with Crippen LogP contribution in [-0.4, -0.2) is 60.6 Å². The average molecular weight is 460 g/mol. The van der Waals surface area contributed by atoms with Crippen molar-refractivity contribution in [1.82, 2.24) is 4.90 Å². The van der Waals surface area contributed by atoms with E-state index in [0.29, 0.717) is 18.6 Å². The molecule has 0 radical (unpaired) electrons. The van der Waals surface area contributed by atoms with Crippen LogP contribution < -0.4 is 0 Å². The topological polar surface area (TPSA) is 65.1 Å². The minimum atomic E-state index is -0.901. The highest BCUT2D eigenvalue weighted by Gasteiger charge is 2.45. The third-order valence-corrected chi connectivity index (χ3v) is 7.16. The molecule has 1 aromatic carbocycles. The quantitative estimate of drug-likeness (QED) is 0.471. The van der Waals surface area contributed by atoms with Crippen molar-refractivity contribution >= 4 is 23.8 Å². The van der Waals surface area contributed by atoms with E-state index >= 15 is 0 Å². The van der Waals surface area contributed by atoms with Crippen molar-refractivity contribution in [2.24, 2.45) is 0 Å². The largest absolute Gasteiger partial charge is 0.447 e. The highest BCUT2D eigenvalue weighted by atomic mass is 32.2. The summed E-state index contributed by atoms with van der Waals surface area (Å²) < 4.78 is 15.0. The molecule has 0 saturated carbocycles. The van der Waals surface area contributed by atoms with Gasteiger partial charge in [-0.15, -0.1) is 11.8 Å². The van der Waals surface area contributed by atoms with Gasteiger partial charge in [-0.05, 0) is 43.9 Å². The van der Waals surface area contributed by atoms with Crippen LogP contribution in [0.5, 0.6) is 0 Å². The van der Waals surface area contributed by atoms with E-state index in [1.165, 1.54) is 16.7 Å². The first kappa shape index (κ1) is 24.6. The Labute approximate surface area is 195 Å². The first-order valence-corrected chi connectivity index (χ1v) is 12.1. The summed E-state index contributed by atoms with van der Waals surface area (Å²) in [7, 11) is 3.21. The first-order valence-electron chi connectivity index (χ1n) is 11.1. The van der Waals surface area contributed by atoms with Gasteiger partial charge in [0, 0.05) is 20.6 Å². The number of carbonyl (C=O) groups is 2. The minimum Gasteiger partial charge on any atom is -0.447 e.